The SMILES string of the molecule is Cc1cccc(-c2c(N)n[nH]c2-c2cccc(=O)[nH]2)c1. The Balaban J connectivity index is 2.22. The molecule has 1 aromatic carbocycles. The topological polar surface area (TPSA) is 87.6 Å². The molecule has 3 aromatic rings. The Morgan fingerprint density at radius 1 is 1.15 bits per heavy atom. The lowest BCUT2D eigenvalue weighted by atomic mass is 10.0. The fraction of sp³-hybridized carbons (Fsp3) is 0.0667. The summed E-state index contributed by atoms with van der Waals surface area (Å²) >= 11 is 0. The van der Waals surface area contributed by atoms with Gasteiger partial charge < -0.3 is 10.7 Å². The van der Waals surface area contributed by atoms with E-state index in [-0.39, 0.29) is 5.56 Å². The fourth-order valence-electron chi connectivity index (χ4n) is 2.24. The number of benzene rings is 1. The van der Waals surface area contributed by atoms with Crippen LogP contribution in [0.15, 0.2) is 47.3 Å². The molecule has 5 heteroatoms. The summed E-state index contributed by atoms with van der Waals surface area (Å²) in [6.45, 7) is 2.02. The molecule has 0 aliphatic heterocycles. The van der Waals surface area contributed by atoms with E-state index >= 15 is 0 Å². The quantitative estimate of drug-likeness (QED) is 0.665. The third kappa shape index (κ3) is 2.09. The summed E-state index contributed by atoms with van der Waals surface area (Å²) in [7, 11) is 0. The minimum absolute atomic E-state index is 0.161. The largest absolute Gasteiger partial charge is 0.382 e. The maximum Gasteiger partial charge on any atom is 0.248 e. The zero-order chi connectivity index (χ0) is 14.1. The number of nitrogen functional groups attached to an aromatic ring is 1. The van der Waals surface area contributed by atoms with E-state index < -0.39 is 0 Å². The van der Waals surface area contributed by atoms with Crippen molar-refractivity contribution in [1.82, 2.24) is 15.2 Å². The van der Waals surface area contributed by atoms with Crippen LogP contribution in [0.2, 0.25) is 0 Å². The molecule has 3 rings (SSSR count). The summed E-state index contributed by atoms with van der Waals surface area (Å²) in [5.74, 6) is 0.412. The van der Waals surface area contributed by atoms with Gasteiger partial charge in [0.15, 0.2) is 5.82 Å². The molecule has 100 valence electrons. The first-order valence-electron chi connectivity index (χ1n) is 6.26. The minimum atomic E-state index is -0.161. The number of hydrogen-bond acceptors (Lipinski definition) is 3. The molecule has 0 fully saturated rings. The first-order valence-corrected chi connectivity index (χ1v) is 6.26. The van der Waals surface area contributed by atoms with Crippen LogP contribution >= 0.6 is 0 Å². The number of nitrogens with one attached hydrogen (secondary N) is 2. The molecule has 0 unspecified atom stereocenters. The van der Waals surface area contributed by atoms with Gasteiger partial charge in [-0.1, -0.05) is 35.9 Å². The molecule has 0 atom stereocenters. The van der Waals surface area contributed by atoms with Crippen LogP contribution in [0.4, 0.5) is 5.82 Å². The van der Waals surface area contributed by atoms with E-state index in [1.54, 1.807) is 6.07 Å². The highest BCUT2D eigenvalue weighted by molar-refractivity contribution is 5.86. The van der Waals surface area contributed by atoms with Gasteiger partial charge in [0.05, 0.1) is 17.0 Å². The number of pyridine rings is 1. The van der Waals surface area contributed by atoms with Gasteiger partial charge in [-0.3, -0.25) is 9.89 Å². The molecule has 5 nitrogen and oxygen atoms in total. The summed E-state index contributed by atoms with van der Waals surface area (Å²) in [6, 6.07) is 13.0. The van der Waals surface area contributed by atoms with E-state index in [0.29, 0.717) is 17.2 Å². The second-order valence-electron chi connectivity index (χ2n) is 4.66. The van der Waals surface area contributed by atoms with E-state index in [9.17, 15) is 4.79 Å². The monoisotopic (exact) mass is 266 g/mol. The number of rotatable bonds is 2. The van der Waals surface area contributed by atoms with E-state index in [4.69, 9.17) is 5.73 Å². The Labute approximate surface area is 115 Å². The van der Waals surface area contributed by atoms with Gasteiger partial charge in [-0.05, 0) is 18.6 Å². The van der Waals surface area contributed by atoms with E-state index in [1.807, 2.05) is 37.3 Å². The van der Waals surface area contributed by atoms with Crippen LogP contribution in [0.1, 0.15) is 5.56 Å². The second-order valence-corrected chi connectivity index (χ2v) is 4.66. The average Bonchev–Trinajstić information content (AvgIpc) is 2.80. The Hall–Kier alpha value is -2.82. The molecule has 2 aromatic heterocycles. The third-order valence-electron chi connectivity index (χ3n) is 3.14. The van der Waals surface area contributed by atoms with Crippen molar-refractivity contribution >= 4 is 5.82 Å². The Morgan fingerprint density at radius 2 is 1.95 bits per heavy atom. The Kier molecular flexibility index (Phi) is 2.87. The van der Waals surface area contributed by atoms with E-state index in [1.165, 1.54) is 6.07 Å². The lowest BCUT2D eigenvalue weighted by Crippen LogP contribution is -2.04. The summed E-state index contributed by atoms with van der Waals surface area (Å²) in [5, 5.41) is 6.95. The number of hydrogen-bond donors (Lipinski definition) is 3. The Bertz CT molecular complexity index is 816. The maximum atomic E-state index is 11.5. The van der Waals surface area contributed by atoms with Crippen molar-refractivity contribution in [2.24, 2.45) is 0 Å². The van der Waals surface area contributed by atoms with Crippen LogP contribution in [-0.4, -0.2) is 15.2 Å². The molecule has 0 radical (unpaired) electrons. The maximum absolute atomic E-state index is 11.5. The molecule has 2 heterocycles. The number of aromatic amines is 2. The van der Waals surface area contributed by atoms with Crippen molar-refractivity contribution in [2.45, 2.75) is 6.92 Å². The van der Waals surface area contributed by atoms with E-state index in [2.05, 4.69) is 15.2 Å². The number of aromatic nitrogens is 3. The molecule has 0 aliphatic carbocycles. The van der Waals surface area contributed by atoms with Gasteiger partial charge in [0.2, 0.25) is 5.56 Å². The molecule has 20 heavy (non-hydrogen) atoms. The zero-order valence-corrected chi connectivity index (χ0v) is 11.0. The van der Waals surface area contributed by atoms with Crippen molar-refractivity contribution in [1.29, 1.82) is 0 Å². The van der Waals surface area contributed by atoms with E-state index in [0.717, 1.165) is 16.7 Å². The number of nitrogens with zero attached hydrogens (tertiary/aromatic N) is 1. The third-order valence-corrected chi connectivity index (χ3v) is 3.14. The highest BCUT2D eigenvalue weighted by Crippen LogP contribution is 2.33. The molecule has 0 spiro atoms. The van der Waals surface area contributed by atoms with Crippen molar-refractivity contribution in [3.8, 4) is 22.5 Å². The van der Waals surface area contributed by atoms with Gasteiger partial charge >= 0.3 is 0 Å². The van der Waals surface area contributed by atoms with Gasteiger partial charge in [-0.15, -0.1) is 0 Å². The predicted molar refractivity (Wildman–Crippen MR) is 79.2 cm³/mol. The predicted octanol–water partition coefficient (Wildman–Crippen LogP) is 2.32. The molecule has 0 amide bonds. The lowest BCUT2D eigenvalue weighted by molar-refractivity contribution is 1.09. The number of aryl methyl sites for hydroxylation is 1. The molecular weight excluding hydrogens is 252 g/mol. The summed E-state index contributed by atoms with van der Waals surface area (Å²) in [5.41, 5.74) is 10.1. The second kappa shape index (κ2) is 4.70. The smallest absolute Gasteiger partial charge is 0.248 e. The molecule has 0 bridgehead atoms. The van der Waals surface area contributed by atoms with Crippen LogP contribution < -0.4 is 11.3 Å². The Morgan fingerprint density at radius 3 is 2.70 bits per heavy atom. The van der Waals surface area contributed by atoms with Crippen LogP contribution in [0, 0.1) is 6.92 Å². The van der Waals surface area contributed by atoms with Gasteiger partial charge in [0, 0.05) is 6.07 Å². The van der Waals surface area contributed by atoms with Crippen molar-refractivity contribution < 1.29 is 0 Å². The number of anilines is 1. The van der Waals surface area contributed by atoms with Gasteiger partial charge in [-0.2, -0.15) is 5.10 Å². The van der Waals surface area contributed by atoms with Crippen molar-refractivity contribution in [2.75, 3.05) is 5.73 Å². The summed E-state index contributed by atoms with van der Waals surface area (Å²) in [6.07, 6.45) is 0. The van der Waals surface area contributed by atoms with Crippen LogP contribution in [-0.2, 0) is 0 Å². The summed E-state index contributed by atoms with van der Waals surface area (Å²) < 4.78 is 0. The molecular formula is C15H14N4O. The lowest BCUT2D eigenvalue weighted by Gasteiger charge is -2.05. The number of H-pyrrole nitrogens is 2. The molecule has 0 saturated heterocycles. The zero-order valence-electron chi connectivity index (χ0n) is 11.0. The first kappa shape index (κ1) is 12.2. The first-order chi connectivity index (χ1) is 9.65. The van der Waals surface area contributed by atoms with Gasteiger partial charge in [-0.25, -0.2) is 0 Å². The van der Waals surface area contributed by atoms with Gasteiger partial charge in [0.25, 0.3) is 0 Å². The van der Waals surface area contributed by atoms with Crippen molar-refractivity contribution in [3.63, 3.8) is 0 Å². The standard InChI is InChI=1S/C15H14N4O/c1-9-4-2-5-10(8-9)13-14(18-19-15(13)16)11-6-3-7-12(20)17-11/h2-8H,1H3,(H,17,20)(H3,16,18,19). The molecule has 4 N–H and O–H groups in total. The average molecular weight is 266 g/mol. The minimum Gasteiger partial charge on any atom is -0.382 e. The highest BCUT2D eigenvalue weighted by atomic mass is 16.1. The normalized spacial score (nSPS) is 10.7. The van der Waals surface area contributed by atoms with Gasteiger partial charge in [0.1, 0.15) is 0 Å². The molecule has 0 saturated carbocycles. The number of nitrogens with two attached hydrogens (primary N) is 1. The van der Waals surface area contributed by atoms with Crippen LogP contribution in [0.25, 0.3) is 22.5 Å². The van der Waals surface area contributed by atoms with Crippen LogP contribution in [0.3, 0.4) is 0 Å². The van der Waals surface area contributed by atoms with Crippen LogP contribution in [0.5, 0.6) is 0 Å². The highest BCUT2D eigenvalue weighted by Gasteiger charge is 2.15. The molecule has 0 aliphatic rings. The van der Waals surface area contributed by atoms with Crippen molar-refractivity contribution in [3.05, 3.63) is 58.4 Å². The fourth-order valence-corrected chi connectivity index (χ4v) is 2.24. The summed E-state index contributed by atoms with van der Waals surface area (Å²) in [4.78, 5) is 14.2.